The van der Waals surface area contributed by atoms with E-state index in [1.165, 1.54) is 22.1 Å². The lowest BCUT2D eigenvalue weighted by molar-refractivity contribution is -0.138. The molecule has 21 heavy (non-hydrogen) atoms. The number of benzene rings is 1. The Morgan fingerprint density at radius 1 is 1.33 bits per heavy atom. The first-order chi connectivity index (χ1) is 10.0. The summed E-state index contributed by atoms with van der Waals surface area (Å²) in [7, 11) is 3.44. The maximum absolute atomic E-state index is 12.4. The summed E-state index contributed by atoms with van der Waals surface area (Å²) in [5, 5.41) is 0. The Labute approximate surface area is 126 Å². The summed E-state index contributed by atoms with van der Waals surface area (Å²) >= 11 is 0. The number of nitrogens with zero attached hydrogens (tertiary/aromatic N) is 2. The summed E-state index contributed by atoms with van der Waals surface area (Å²) in [4.78, 5) is 27.0. The fraction of sp³-hybridized carbons (Fsp3) is 0.412. The Kier molecular flexibility index (Phi) is 4.78. The van der Waals surface area contributed by atoms with Gasteiger partial charge in [-0.15, -0.1) is 0 Å². The predicted molar refractivity (Wildman–Crippen MR) is 82.7 cm³/mol. The summed E-state index contributed by atoms with van der Waals surface area (Å²) in [6, 6.07) is 8.39. The molecule has 1 aromatic rings. The van der Waals surface area contributed by atoms with Crippen molar-refractivity contribution >= 4 is 11.8 Å². The molecule has 2 rings (SSSR count). The summed E-state index contributed by atoms with van der Waals surface area (Å²) < 4.78 is 0. The first-order valence-corrected chi connectivity index (χ1v) is 7.25. The maximum atomic E-state index is 12.4. The highest BCUT2D eigenvalue weighted by Crippen LogP contribution is 2.33. The van der Waals surface area contributed by atoms with Gasteiger partial charge in [-0.2, -0.15) is 0 Å². The summed E-state index contributed by atoms with van der Waals surface area (Å²) in [5.74, 6) is -0.282. The van der Waals surface area contributed by atoms with Gasteiger partial charge in [-0.05, 0) is 36.5 Å². The lowest BCUT2D eigenvalue weighted by atomic mass is 9.87. The first-order valence-electron chi connectivity index (χ1n) is 7.25. The molecule has 1 atom stereocenters. The third kappa shape index (κ3) is 3.32. The second-order valence-corrected chi connectivity index (χ2v) is 5.51. The van der Waals surface area contributed by atoms with Gasteiger partial charge in [0.25, 0.3) is 0 Å². The van der Waals surface area contributed by atoms with E-state index in [-0.39, 0.29) is 24.4 Å². The van der Waals surface area contributed by atoms with Crippen LogP contribution < -0.4 is 0 Å². The Bertz CT molecular complexity index is 553. The molecule has 0 bridgehead atoms. The maximum Gasteiger partial charge on any atom is 0.246 e. The molecular weight excluding hydrogens is 264 g/mol. The predicted octanol–water partition coefficient (Wildman–Crippen LogP) is 2.17. The number of carbonyl (C=O) groups is 2. The molecule has 0 saturated carbocycles. The minimum absolute atomic E-state index is 0.0468. The number of hydrogen-bond acceptors (Lipinski definition) is 2. The lowest BCUT2D eigenvalue weighted by Crippen LogP contribution is -2.41. The van der Waals surface area contributed by atoms with Crippen molar-refractivity contribution in [2.24, 2.45) is 0 Å². The van der Waals surface area contributed by atoms with Crippen LogP contribution in [0.1, 0.15) is 30.0 Å². The number of likely N-dealkylation sites (N-methyl/N-ethyl adjacent to an activating group) is 2. The molecule has 0 heterocycles. The SMILES string of the molecule is C=CC(=O)N(C)CC(=O)N(C)C1CCCc2ccccc21. The molecule has 0 aliphatic heterocycles. The Hall–Kier alpha value is -2.10. The second-order valence-electron chi connectivity index (χ2n) is 5.51. The van der Waals surface area contributed by atoms with Crippen molar-refractivity contribution < 1.29 is 9.59 Å². The van der Waals surface area contributed by atoms with E-state index in [1.54, 1.807) is 11.9 Å². The normalized spacial score (nSPS) is 16.8. The van der Waals surface area contributed by atoms with Crippen LogP contribution >= 0.6 is 0 Å². The number of carbonyl (C=O) groups excluding carboxylic acids is 2. The number of amides is 2. The van der Waals surface area contributed by atoms with Crippen molar-refractivity contribution in [2.75, 3.05) is 20.6 Å². The molecular formula is C17H22N2O2. The topological polar surface area (TPSA) is 40.6 Å². The van der Waals surface area contributed by atoms with E-state index in [4.69, 9.17) is 0 Å². The van der Waals surface area contributed by atoms with Crippen molar-refractivity contribution in [1.29, 1.82) is 0 Å². The molecule has 4 heteroatoms. The molecule has 0 fully saturated rings. The number of rotatable bonds is 4. The minimum atomic E-state index is -0.235. The summed E-state index contributed by atoms with van der Waals surface area (Å²) in [6.07, 6.45) is 4.35. The van der Waals surface area contributed by atoms with Gasteiger partial charge in [0, 0.05) is 14.1 Å². The highest BCUT2D eigenvalue weighted by atomic mass is 16.2. The van der Waals surface area contributed by atoms with E-state index in [0.717, 1.165) is 19.3 Å². The number of aryl methyl sites for hydroxylation is 1. The van der Waals surface area contributed by atoms with Crippen LogP contribution in [-0.2, 0) is 16.0 Å². The fourth-order valence-corrected chi connectivity index (χ4v) is 2.85. The second kappa shape index (κ2) is 6.57. The van der Waals surface area contributed by atoms with Gasteiger partial charge in [-0.25, -0.2) is 0 Å². The largest absolute Gasteiger partial charge is 0.337 e. The van der Waals surface area contributed by atoms with Crippen LogP contribution in [0.2, 0.25) is 0 Å². The molecule has 0 aromatic heterocycles. The number of hydrogen-bond donors (Lipinski definition) is 0. The zero-order chi connectivity index (χ0) is 15.4. The van der Waals surface area contributed by atoms with Gasteiger partial charge in [-0.3, -0.25) is 9.59 Å². The molecule has 1 aromatic carbocycles. The smallest absolute Gasteiger partial charge is 0.246 e. The van der Waals surface area contributed by atoms with E-state index in [9.17, 15) is 9.59 Å². The Balaban J connectivity index is 2.10. The molecule has 112 valence electrons. The first kappa shape index (κ1) is 15.3. The molecule has 0 saturated heterocycles. The van der Waals surface area contributed by atoms with Crippen LogP contribution in [0.3, 0.4) is 0 Å². The van der Waals surface area contributed by atoms with Crippen molar-refractivity contribution in [3.8, 4) is 0 Å². The average Bonchev–Trinajstić information content (AvgIpc) is 2.52. The third-order valence-electron chi connectivity index (χ3n) is 4.12. The van der Waals surface area contributed by atoms with Crippen molar-refractivity contribution in [1.82, 2.24) is 9.80 Å². The van der Waals surface area contributed by atoms with Crippen LogP contribution in [0.25, 0.3) is 0 Å². The van der Waals surface area contributed by atoms with E-state index < -0.39 is 0 Å². The van der Waals surface area contributed by atoms with E-state index >= 15 is 0 Å². The molecule has 0 spiro atoms. The lowest BCUT2D eigenvalue weighted by Gasteiger charge is -2.34. The van der Waals surface area contributed by atoms with Crippen molar-refractivity contribution in [3.63, 3.8) is 0 Å². The van der Waals surface area contributed by atoms with E-state index in [1.807, 2.05) is 19.2 Å². The van der Waals surface area contributed by atoms with Crippen LogP contribution in [0.15, 0.2) is 36.9 Å². The molecule has 0 radical (unpaired) electrons. The highest BCUT2D eigenvalue weighted by Gasteiger charge is 2.27. The van der Waals surface area contributed by atoms with Gasteiger partial charge in [0.05, 0.1) is 12.6 Å². The standard InChI is InChI=1S/C17H22N2O2/c1-4-16(20)18(2)12-17(21)19(3)15-11-7-9-13-8-5-6-10-14(13)15/h4-6,8,10,15H,1,7,9,11-12H2,2-3H3. The number of fused-ring (bicyclic) bond motifs is 1. The zero-order valence-corrected chi connectivity index (χ0v) is 12.7. The zero-order valence-electron chi connectivity index (χ0n) is 12.7. The van der Waals surface area contributed by atoms with Crippen LogP contribution in [0.4, 0.5) is 0 Å². The van der Waals surface area contributed by atoms with E-state index in [0.29, 0.717) is 0 Å². The molecule has 1 unspecified atom stereocenters. The Morgan fingerprint density at radius 2 is 2.05 bits per heavy atom. The van der Waals surface area contributed by atoms with Gasteiger partial charge < -0.3 is 9.80 Å². The third-order valence-corrected chi connectivity index (χ3v) is 4.12. The average molecular weight is 286 g/mol. The minimum Gasteiger partial charge on any atom is -0.337 e. The van der Waals surface area contributed by atoms with E-state index in [2.05, 4.69) is 18.7 Å². The molecule has 1 aliphatic carbocycles. The molecule has 1 aliphatic rings. The van der Waals surface area contributed by atoms with Gasteiger partial charge in [0.15, 0.2) is 0 Å². The summed E-state index contributed by atoms with van der Waals surface area (Å²) in [5.41, 5.74) is 2.56. The van der Waals surface area contributed by atoms with Gasteiger partial charge >= 0.3 is 0 Å². The molecule has 0 N–H and O–H groups in total. The van der Waals surface area contributed by atoms with Crippen molar-refractivity contribution in [2.45, 2.75) is 25.3 Å². The Morgan fingerprint density at radius 3 is 2.76 bits per heavy atom. The highest BCUT2D eigenvalue weighted by molar-refractivity contribution is 5.90. The van der Waals surface area contributed by atoms with Crippen LogP contribution in [0.5, 0.6) is 0 Å². The molecule has 4 nitrogen and oxygen atoms in total. The fourth-order valence-electron chi connectivity index (χ4n) is 2.85. The monoisotopic (exact) mass is 286 g/mol. The quantitative estimate of drug-likeness (QED) is 0.796. The van der Waals surface area contributed by atoms with Gasteiger partial charge in [0.1, 0.15) is 0 Å². The summed E-state index contributed by atoms with van der Waals surface area (Å²) in [6.45, 7) is 3.52. The molecule has 2 amide bonds. The van der Waals surface area contributed by atoms with Crippen LogP contribution in [-0.4, -0.2) is 42.3 Å². The van der Waals surface area contributed by atoms with Gasteiger partial charge in [-0.1, -0.05) is 30.8 Å². The van der Waals surface area contributed by atoms with Crippen molar-refractivity contribution in [3.05, 3.63) is 48.0 Å². The van der Waals surface area contributed by atoms with Crippen LogP contribution in [0, 0.1) is 0 Å². The van der Waals surface area contributed by atoms with Gasteiger partial charge in [0.2, 0.25) is 11.8 Å².